The summed E-state index contributed by atoms with van der Waals surface area (Å²) < 4.78 is 5.84. The molecule has 6 heteroatoms. The fraction of sp³-hybridized carbons (Fsp3) is 0.844. The highest BCUT2D eigenvalue weighted by Gasteiger charge is 2.70. The van der Waals surface area contributed by atoms with E-state index in [0.29, 0.717) is 11.7 Å². The average Bonchev–Trinajstić information content (AvgIpc) is 2.77. The molecule has 0 aromatic rings. The van der Waals surface area contributed by atoms with Crippen LogP contribution in [0.25, 0.3) is 0 Å². The fourth-order valence-corrected chi connectivity index (χ4v) is 11.0. The summed E-state index contributed by atoms with van der Waals surface area (Å²) >= 11 is 0. The maximum Gasteiger partial charge on any atom is 0.312 e. The minimum atomic E-state index is -0.464. The van der Waals surface area contributed by atoms with E-state index < -0.39 is 6.03 Å². The minimum absolute atomic E-state index is 0.0388. The number of urea groups is 1. The summed E-state index contributed by atoms with van der Waals surface area (Å²) in [6, 6.07) is -0.464. The third-order valence-electron chi connectivity index (χ3n) is 13.2. The molecule has 6 nitrogen and oxygen atoms in total. The number of carbonyl (C=O) groups excluding carboxylic acids is 3. The summed E-state index contributed by atoms with van der Waals surface area (Å²) in [5.74, 6) is 0.628. The molecular formula is C32H50N2O4. The van der Waals surface area contributed by atoms with Crippen LogP contribution in [-0.4, -0.2) is 29.4 Å². The molecule has 0 spiro atoms. The molecule has 0 unspecified atom stereocenters. The van der Waals surface area contributed by atoms with Gasteiger partial charge in [0.2, 0.25) is 0 Å². The second-order valence-corrected chi connectivity index (χ2v) is 15.7. The molecule has 4 fully saturated rings. The van der Waals surface area contributed by atoms with Crippen LogP contribution < -0.4 is 11.1 Å². The van der Waals surface area contributed by atoms with Crippen molar-refractivity contribution in [2.24, 2.45) is 50.6 Å². The van der Waals surface area contributed by atoms with Gasteiger partial charge in [0.1, 0.15) is 6.10 Å². The zero-order chi connectivity index (χ0) is 28.1. The van der Waals surface area contributed by atoms with E-state index in [4.69, 9.17) is 10.5 Å². The van der Waals surface area contributed by atoms with Crippen molar-refractivity contribution in [1.82, 2.24) is 5.32 Å². The van der Waals surface area contributed by atoms with Gasteiger partial charge in [-0.2, -0.15) is 0 Å². The molecule has 5 aliphatic carbocycles. The van der Waals surface area contributed by atoms with Crippen LogP contribution >= 0.6 is 0 Å². The number of ketones is 1. The van der Waals surface area contributed by atoms with Crippen molar-refractivity contribution >= 4 is 17.8 Å². The van der Waals surface area contributed by atoms with Crippen LogP contribution in [0.1, 0.15) is 113 Å². The number of rotatable bonds is 2. The van der Waals surface area contributed by atoms with Crippen LogP contribution in [0.4, 0.5) is 4.79 Å². The van der Waals surface area contributed by atoms with Crippen molar-refractivity contribution < 1.29 is 19.1 Å². The Labute approximate surface area is 229 Å². The number of fused-ring (bicyclic) bond motifs is 7. The SMILES string of the molecule is CC(=O)O[C@H]1CC[C@]2(C)[C@H]3C(=O)C=C4[C@H]5C[C@@](C)(NC(N)=O)CC[C@]5(C)CC[C@@]4(C)[C@]3(C)CC[C@H]2C1(C)C. The van der Waals surface area contributed by atoms with Crippen LogP contribution in [0.5, 0.6) is 0 Å². The van der Waals surface area contributed by atoms with Crippen LogP contribution in [0.15, 0.2) is 11.6 Å². The van der Waals surface area contributed by atoms with Gasteiger partial charge in [-0.1, -0.05) is 47.1 Å². The number of allylic oxidation sites excluding steroid dienone is 2. The van der Waals surface area contributed by atoms with Gasteiger partial charge < -0.3 is 15.8 Å². The molecule has 0 radical (unpaired) electrons. The van der Waals surface area contributed by atoms with Gasteiger partial charge in [-0.15, -0.1) is 0 Å². The Hall–Kier alpha value is -1.85. The predicted octanol–water partition coefficient (Wildman–Crippen LogP) is 6.32. The molecular weight excluding hydrogens is 476 g/mol. The molecule has 0 aromatic carbocycles. The van der Waals surface area contributed by atoms with Crippen LogP contribution in [0.3, 0.4) is 0 Å². The number of nitrogens with two attached hydrogens (primary N) is 1. The Balaban J connectivity index is 1.56. The molecule has 0 heterocycles. The molecule has 0 aliphatic heterocycles. The van der Waals surface area contributed by atoms with Crippen LogP contribution in [0, 0.1) is 44.8 Å². The summed E-state index contributed by atoms with van der Waals surface area (Å²) in [5, 5.41) is 3.05. The van der Waals surface area contributed by atoms with Gasteiger partial charge in [-0.3, -0.25) is 9.59 Å². The van der Waals surface area contributed by atoms with Crippen molar-refractivity contribution in [3.63, 3.8) is 0 Å². The first-order chi connectivity index (χ1) is 17.4. The number of amides is 2. The van der Waals surface area contributed by atoms with E-state index in [1.54, 1.807) is 0 Å². The predicted molar refractivity (Wildman–Crippen MR) is 148 cm³/mol. The third-order valence-corrected chi connectivity index (χ3v) is 13.2. The number of hydrogen-bond donors (Lipinski definition) is 2. The number of nitrogens with one attached hydrogen (secondary N) is 1. The fourth-order valence-electron chi connectivity index (χ4n) is 11.0. The van der Waals surface area contributed by atoms with E-state index in [9.17, 15) is 14.4 Å². The standard InChI is InChI=1S/C32H50N2O4/c1-19(35)38-24-10-11-30(6)23(27(24,2)3)9-12-32(8)25(30)22(36)17-20-21-18-29(5,34-26(33)37)15-13-28(21,4)14-16-31(20,32)7/h17,21,23-25H,9-16,18H2,1-8H3,(H3,33,34,37)/t21-,23+,24+,25-,28-,29+,30+,31-,32-/m1/s1. The summed E-state index contributed by atoms with van der Waals surface area (Å²) in [4.78, 5) is 38.2. The maximum atomic E-state index is 14.4. The van der Waals surface area contributed by atoms with E-state index >= 15 is 0 Å². The number of esters is 1. The van der Waals surface area contributed by atoms with Gasteiger partial charge in [0.25, 0.3) is 0 Å². The monoisotopic (exact) mass is 526 g/mol. The molecule has 0 bridgehead atoms. The molecule has 212 valence electrons. The summed E-state index contributed by atoms with van der Waals surface area (Å²) in [6.07, 6.45) is 10.8. The van der Waals surface area contributed by atoms with E-state index in [1.807, 2.05) is 0 Å². The van der Waals surface area contributed by atoms with E-state index in [1.165, 1.54) is 12.5 Å². The first-order valence-electron chi connectivity index (χ1n) is 14.9. The largest absolute Gasteiger partial charge is 0.462 e. The molecule has 0 saturated heterocycles. The number of carbonyl (C=O) groups is 3. The topological polar surface area (TPSA) is 98.5 Å². The van der Waals surface area contributed by atoms with E-state index in [0.717, 1.165) is 57.8 Å². The highest BCUT2D eigenvalue weighted by molar-refractivity contribution is 5.95. The molecule has 5 rings (SSSR count). The lowest BCUT2D eigenvalue weighted by atomic mass is 9.33. The Morgan fingerprint density at radius 3 is 2.24 bits per heavy atom. The zero-order valence-electron chi connectivity index (χ0n) is 25.0. The first kappa shape index (κ1) is 27.7. The Bertz CT molecular complexity index is 1100. The van der Waals surface area contributed by atoms with Crippen molar-refractivity contribution in [3.8, 4) is 0 Å². The summed E-state index contributed by atoms with van der Waals surface area (Å²) in [5.41, 5.74) is 6.21. The highest BCUT2D eigenvalue weighted by atomic mass is 16.5. The Kier molecular flexibility index (Phi) is 6.07. The molecule has 3 N–H and O–H groups in total. The van der Waals surface area contributed by atoms with Crippen molar-refractivity contribution in [3.05, 3.63) is 11.6 Å². The quantitative estimate of drug-likeness (QED) is 0.411. The number of hydrogen-bond acceptors (Lipinski definition) is 4. The maximum absolute atomic E-state index is 14.4. The molecule has 2 amide bonds. The number of ether oxygens (including phenoxy) is 1. The second-order valence-electron chi connectivity index (χ2n) is 15.7. The van der Waals surface area contributed by atoms with E-state index in [-0.39, 0.29) is 56.5 Å². The Morgan fingerprint density at radius 1 is 0.947 bits per heavy atom. The lowest BCUT2D eigenvalue weighted by Gasteiger charge is -2.70. The van der Waals surface area contributed by atoms with E-state index in [2.05, 4.69) is 59.9 Å². The van der Waals surface area contributed by atoms with Gasteiger partial charge in [-0.05, 0) is 104 Å². The van der Waals surface area contributed by atoms with Gasteiger partial charge in [-0.25, -0.2) is 4.79 Å². The molecule has 9 atom stereocenters. The van der Waals surface area contributed by atoms with Crippen molar-refractivity contribution in [2.45, 2.75) is 125 Å². The lowest BCUT2D eigenvalue weighted by molar-refractivity contribution is -0.210. The smallest absolute Gasteiger partial charge is 0.312 e. The zero-order valence-corrected chi connectivity index (χ0v) is 25.0. The minimum Gasteiger partial charge on any atom is -0.462 e. The van der Waals surface area contributed by atoms with Crippen LogP contribution in [0.2, 0.25) is 0 Å². The second kappa shape index (κ2) is 8.33. The molecule has 0 aromatic heterocycles. The molecule has 4 saturated carbocycles. The first-order valence-corrected chi connectivity index (χ1v) is 14.9. The summed E-state index contributed by atoms with van der Waals surface area (Å²) in [6.45, 7) is 17.8. The van der Waals surface area contributed by atoms with Crippen molar-refractivity contribution in [1.29, 1.82) is 0 Å². The van der Waals surface area contributed by atoms with Gasteiger partial charge in [0.05, 0.1) is 0 Å². The summed E-state index contributed by atoms with van der Waals surface area (Å²) in [7, 11) is 0. The van der Waals surface area contributed by atoms with Crippen molar-refractivity contribution in [2.75, 3.05) is 0 Å². The average molecular weight is 527 g/mol. The highest BCUT2D eigenvalue weighted by Crippen LogP contribution is 2.74. The molecule has 38 heavy (non-hydrogen) atoms. The lowest BCUT2D eigenvalue weighted by Crippen LogP contribution is -2.67. The molecule has 5 aliphatic rings. The normalized spacial score (nSPS) is 49.4. The van der Waals surface area contributed by atoms with Crippen LogP contribution in [-0.2, 0) is 14.3 Å². The Morgan fingerprint density at radius 2 is 1.61 bits per heavy atom. The third kappa shape index (κ3) is 3.67. The van der Waals surface area contributed by atoms with Gasteiger partial charge in [0, 0.05) is 23.8 Å². The number of primary amides is 1. The van der Waals surface area contributed by atoms with Gasteiger partial charge in [0.15, 0.2) is 5.78 Å². The van der Waals surface area contributed by atoms with Gasteiger partial charge >= 0.3 is 12.0 Å².